The standard InChI is InChI=1S/C23H24N2O3/c1-5-20-19-14-16(3)12-13-18(19)22(28-15-17-10-8-7-9-11-17)21(23(26)27-4)25(20)24-6-2/h5-14H,15H2,1-4H3/b20-5+,24-6-. The minimum absolute atomic E-state index is 0.265. The first-order valence-corrected chi connectivity index (χ1v) is 9.16. The van der Waals surface area contributed by atoms with Gasteiger partial charge in [0, 0.05) is 17.3 Å². The number of allylic oxidation sites excluding steroid dienone is 1. The second-order valence-electron chi connectivity index (χ2n) is 6.35. The summed E-state index contributed by atoms with van der Waals surface area (Å²) in [4.78, 5) is 12.7. The van der Waals surface area contributed by atoms with Crippen LogP contribution in [0.3, 0.4) is 0 Å². The number of fused-ring (bicyclic) bond motifs is 1. The molecule has 1 heterocycles. The van der Waals surface area contributed by atoms with Crippen LogP contribution < -0.4 is 0 Å². The van der Waals surface area contributed by atoms with E-state index in [-0.39, 0.29) is 5.70 Å². The first kappa shape index (κ1) is 19.4. The Bertz CT molecular complexity index is 959. The number of hydrogen-bond acceptors (Lipinski definition) is 5. The summed E-state index contributed by atoms with van der Waals surface area (Å²) in [5, 5.41) is 6.01. The summed E-state index contributed by atoms with van der Waals surface area (Å²) in [5.74, 6) is -0.0406. The van der Waals surface area contributed by atoms with E-state index in [9.17, 15) is 4.79 Å². The van der Waals surface area contributed by atoms with E-state index in [0.29, 0.717) is 12.4 Å². The first-order valence-electron chi connectivity index (χ1n) is 9.16. The number of rotatable bonds is 5. The molecule has 0 spiro atoms. The van der Waals surface area contributed by atoms with Gasteiger partial charge in [0.25, 0.3) is 0 Å². The lowest BCUT2D eigenvalue weighted by Gasteiger charge is -2.32. The van der Waals surface area contributed by atoms with E-state index in [1.165, 1.54) is 7.11 Å². The van der Waals surface area contributed by atoms with E-state index >= 15 is 0 Å². The summed E-state index contributed by atoms with van der Waals surface area (Å²) < 4.78 is 11.2. The van der Waals surface area contributed by atoms with Crippen molar-refractivity contribution in [3.8, 4) is 0 Å². The second-order valence-corrected chi connectivity index (χ2v) is 6.35. The summed E-state index contributed by atoms with van der Waals surface area (Å²) in [5.41, 5.74) is 5.00. The molecule has 0 unspecified atom stereocenters. The van der Waals surface area contributed by atoms with E-state index in [0.717, 1.165) is 28.0 Å². The Morgan fingerprint density at radius 2 is 1.86 bits per heavy atom. The Kier molecular flexibility index (Phi) is 5.94. The number of methoxy groups -OCH3 is 1. The highest BCUT2D eigenvalue weighted by Gasteiger charge is 2.35. The largest absolute Gasteiger partial charge is 0.486 e. The van der Waals surface area contributed by atoms with Crippen molar-refractivity contribution in [1.82, 2.24) is 5.01 Å². The van der Waals surface area contributed by atoms with Gasteiger partial charge in [-0.05, 0) is 32.4 Å². The van der Waals surface area contributed by atoms with E-state index in [2.05, 4.69) is 11.2 Å². The summed E-state index contributed by atoms with van der Waals surface area (Å²) >= 11 is 0. The zero-order chi connectivity index (χ0) is 20.1. The number of hydrogen-bond donors (Lipinski definition) is 0. The quantitative estimate of drug-likeness (QED) is 0.559. The smallest absolute Gasteiger partial charge is 0.360 e. The lowest BCUT2D eigenvalue weighted by Crippen LogP contribution is -2.29. The number of carbonyl (C=O) groups excluding carboxylic acids is 1. The third-order valence-corrected chi connectivity index (χ3v) is 4.46. The third-order valence-electron chi connectivity index (χ3n) is 4.46. The van der Waals surface area contributed by atoms with Crippen LogP contribution in [0, 0.1) is 6.92 Å². The Balaban J connectivity index is 2.19. The monoisotopic (exact) mass is 376 g/mol. The molecular formula is C23H24N2O3. The second kappa shape index (κ2) is 8.57. The molecule has 1 aliphatic heterocycles. The van der Waals surface area contributed by atoms with Crippen LogP contribution in [0.5, 0.6) is 0 Å². The summed E-state index contributed by atoms with van der Waals surface area (Å²) in [7, 11) is 1.36. The molecule has 0 radical (unpaired) electrons. The molecule has 0 aliphatic carbocycles. The van der Waals surface area contributed by atoms with Crippen molar-refractivity contribution in [1.29, 1.82) is 0 Å². The van der Waals surface area contributed by atoms with Crippen LogP contribution in [0.25, 0.3) is 11.5 Å². The minimum Gasteiger partial charge on any atom is -0.486 e. The number of nitrogens with zero attached hydrogens (tertiary/aromatic N) is 2. The Hall–Kier alpha value is -3.34. The van der Waals surface area contributed by atoms with Crippen molar-refractivity contribution in [2.24, 2.45) is 5.10 Å². The molecule has 2 aromatic carbocycles. The molecule has 0 atom stereocenters. The zero-order valence-corrected chi connectivity index (χ0v) is 16.6. The van der Waals surface area contributed by atoms with Gasteiger partial charge in [-0.2, -0.15) is 5.10 Å². The fourth-order valence-electron chi connectivity index (χ4n) is 3.19. The zero-order valence-electron chi connectivity index (χ0n) is 16.6. The van der Waals surface area contributed by atoms with Crippen LogP contribution in [-0.2, 0) is 20.9 Å². The van der Waals surface area contributed by atoms with Gasteiger partial charge in [0.15, 0.2) is 11.5 Å². The average molecular weight is 376 g/mol. The Morgan fingerprint density at radius 1 is 1.11 bits per heavy atom. The number of carbonyl (C=O) groups is 1. The lowest BCUT2D eigenvalue weighted by atomic mass is 9.95. The molecule has 0 saturated carbocycles. The Morgan fingerprint density at radius 3 is 2.50 bits per heavy atom. The molecule has 5 heteroatoms. The van der Waals surface area contributed by atoms with Crippen molar-refractivity contribution in [3.05, 3.63) is 82.6 Å². The molecule has 5 nitrogen and oxygen atoms in total. The van der Waals surface area contributed by atoms with Gasteiger partial charge < -0.3 is 9.47 Å². The van der Waals surface area contributed by atoms with Crippen molar-refractivity contribution >= 4 is 23.6 Å². The first-order chi connectivity index (χ1) is 13.6. The van der Waals surface area contributed by atoms with Gasteiger partial charge in [0.05, 0.1) is 12.8 Å². The van der Waals surface area contributed by atoms with Crippen LogP contribution in [0.2, 0.25) is 0 Å². The third kappa shape index (κ3) is 3.69. The van der Waals surface area contributed by atoms with Crippen LogP contribution in [-0.4, -0.2) is 24.3 Å². The number of benzene rings is 2. The molecule has 0 fully saturated rings. The van der Waals surface area contributed by atoms with Crippen molar-refractivity contribution in [3.63, 3.8) is 0 Å². The van der Waals surface area contributed by atoms with E-state index in [1.807, 2.05) is 62.4 Å². The number of esters is 1. The van der Waals surface area contributed by atoms with Crippen LogP contribution in [0.15, 0.2) is 65.4 Å². The maximum Gasteiger partial charge on any atom is 0.360 e. The molecule has 0 aromatic heterocycles. The van der Waals surface area contributed by atoms with E-state index < -0.39 is 5.97 Å². The van der Waals surface area contributed by atoms with Gasteiger partial charge >= 0.3 is 5.97 Å². The fraction of sp³-hybridized carbons (Fsp3) is 0.217. The maximum absolute atomic E-state index is 12.7. The normalized spacial score (nSPS) is 15.1. The molecule has 28 heavy (non-hydrogen) atoms. The van der Waals surface area contributed by atoms with Gasteiger partial charge in [-0.15, -0.1) is 0 Å². The number of hydrazone groups is 1. The number of aryl methyl sites for hydroxylation is 1. The molecule has 0 N–H and O–H groups in total. The van der Waals surface area contributed by atoms with Crippen molar-refractivity contribution in [2.75, 3.05) is 7.11 Å². The molecule has 1 aliphatic rings. The lowest BCUT2D eigenvalue weighted by molar-refractivity contribution is -0.137. The van der Waals surface area contributed by atoms with Crippen LogP contribution in [0.4, 0.5) is 0 Å². The molecule has 0 saturated heterocycles. The summed E-state index contributed by atoms with van der Waals surface area (Å²) in [6.45, 7) is 6.09. The molecule has 144 valence electrons. The average Bonchev–Trinajstić information content (AvgIpc) is 2.72. The van der Waals surface area contributed by atoms with E-state index in [4.69, 9.17) is 9.47 Å². The van der Waals surface area contributed by atoms with Crippen LogP contribution >= 0.6 is 0 Å². The highest BCUT2D eigenvalue weighted by molar-refractivity contribution is 6.01. The number of ether oxygens (including phenoxy) is 2. The SMILES string of the molecule is C/C=N\N1C(C(=O)OC)=C(OCc2ccccc2)c2ccc(C)cc2/C1=C\C. The predicted octanol–water partition coefficient (Wildman–Crippen LogP) is 4.74. The summed E-state index contributed by atoms with van der Waals surface area (Å²) in [6, 6.07) is 15.9. The van der Waals surface area contributed by atoms with Gasteiger partial charge in [0.1, 0.15) is 6.61 Å². The maximum atomic E-state index is 12.7. The molecular weight excluding hydrogens is 352 g/mol. The van der Waals surface area contributed by atoms with E-state index in [1.54, 1.807) is 18.1 Å². The van der Waals surface area contributed by atoms with Gasteiger partial charge in [-0.25, -0.2) is 9.80 Å². The van der Waals surface area contributed by atoms with Gasteiger partial charge in [-0.1, -0.05) is 54.1 Å². The van der Waals surface area contributed by atoms with Crippen LogP contribution in [0.1, 0.15) is 36.1 Å². The van der Waals surface area contributed by atoms with Gasteiger partial charge in [-0.3, -0.25) is 0 Å². The molecule has 0 amide bonds. The summed E-state index contributed by atoms with van der Waals surface area (Å²) in [6.07, 6.45) is 3.57. The predicted molar refractivity (Wildman–Crippen MR) is 111 cm³/mol. The van der Waals surface area contributed by atoms with Crippen molar-refractivity contribution in [2.45, 2.75) is 27.4 Å². The molecule has 3 rings (SSSR count). The molecule has 0 bridgehead atoms. The highest BCUT2D eigenvalue weighted by Crippen LogP contribution is 2.40. The topological polar surface area (TPSA) is 51.1 Å². The molecule has 2 aromatic rings. The highest BCUT2D eigenvalue weighted by atomic mass is 16.5. The minimum atomic E-state index is -0.501. The fourth-order valence-corrected chi connectivity index (χ4v) is 3.19. The van der Waals surface area contributed by atoms with Crippen molar-refractivity contribution < 1.29 is 14.3 Å². The Labute approximate surface area is 165 Å². The van der Waals surface area contributed by atoms with Gasteiger partial charge in [0.2, 0.25) is 0 Å².